The summed E-state index contributed by atoms with van der Waals surface area (Å²) in [4.78, 5) is 37.9. The molecule has 0 aromatic heterocycles. The largest absolute Gasteiger partial charge is 0.490 e. The summed E-state index contributed by atoms with van der Waals surface area (Å²) in [5.74, 6) is -0.647. The number of non-ortho nitro benzene ring substituents is 1. The highest BCUT2D eigenvalue weighted by Crippen LogP contribution is 2.38. The molecule has 1 N–H and O–H groups in total. The third-order valence-electron chi connectivity index (χ3n) is 4.21. The Kier molecular flexibility index (Phi) is 5.83. The van der Waals surface area contributed by atoms with Crippen molar-refractivity contribution < 1.29 is 19.4 Å². The second kappa shape index (κ2) is 8.33. The van der Waals surface area contributed by atoms with Crippen LogP contribution in [0.2, 0.25) is 0 Å². The highest BCUT2D eigenvalue weighted by molar-refractivity contribution is 8.18. The minimum absolute atomic E-state index is 0.0452. The maximum atomic E-state index is 12.4. The number of methoxy groups -OCH3 is 1. The second-order valence-corrected chi connectivity index (χ2v) is 7.40. The molecule has 0 radical (unpaired) electrons. The number of amides is 1. The van der Waals surface area contributed by atoms with Gasteiger partial charge in [0.2, 0.25) is 5.75 Å². The van der Waals surface area contributed by atoms with Crippen molar-refractivity contribution in [2.24, 2.45) is 4.99 Å². The van der Waals surface area contributed by atoms with Gasteiger partial charge in [-0.2, -0.15) is 0 Å². The van der Waals surface area contributed by atoms with Crippen molar-refractivity contribution in [1.82, 2.24) is 5.32 Å². The fourth-order valence-corrected chi connectivity index (χ4v) is 3.68. The molecule has 0 bridgehead atoms. The van der Waals surface area contributed by atoms with Crippen LogP contribution >= 0.6 is 11.8 Å². The van der Waals surface area contributed by atoms with Gasteiger partial charge < -0.3 is 10.1 Å². The molecule has 1 aliphatic heterocycles. The lowest BCUT2D eigenvalue weighted by molar-refractivity contribution is -0.394. The highest BCUT2D eigenvalue weighted by Gasteiger charge is 2.28. The van der Waals surface area contributed by atoms with Gasteiger partial charge in [-0.25, -0.2) is 4.99 Å². The number of hydrogen-bond acceptors (Lipinski definition) is 8. The van der Waals surface area contributed by atoms with Crippen LogP contribution in [-0.4, -0.2) is 28.0 Å². The molecule has 11 heteroatoms. The van der Waals surface area contributed by atoms with E-state index >= 15 is 0 Å². The van der Waals surface area contributed by atoms with Crippen molar-refractivity contribution in [3.63, 3.8) is 0 Å². The number of rotatable bonds is 5. The molecule has 0 aliphatic carbocycles. The summed E-state index contributed by atoms with van der Waals surface area (Å²) in [7, 11) is 1.21. The zero-order valence-electron chi connectivity index (χ0n) is 16.2. The summed E-state index contributed by atoms with van der Waals surface area (Å²) < 4.78 is 5.09. The van der Waals surface area contributed by atoms with Crippen molar-refractivity contribution in [1.29, 1.82) is 0 Å². The van der Waals surface area contributed by atoms with Crippen LogP contribution in [0, 0.1) is 34.1 Å². The first-order valence-corrected chi connectivity index (χ1v) is 9.39. The van der Waals surface area contributed by atoms with E-state index in [-0.39, 0.29) is 16.2 Å². The van der Waals surface area contributed by atoms with Crippen LogP contribution in [0.3, 0.4) is 0 Å². The number of aliphatic imine (C=N–C) groups is 1. The number of nitrogens with one attached hydrogen (secondary N) is 1. The Hall–Kier alpha value is -3.73. The Labute approximate surface area is 174 Å². The zero-order chi connectivity index (χ0) is 22.0. The topological polar surface area (TPSA) is 137 Å². The standard InChI is InChI=1S/C19H16N4O6S/c1-10-4-5-14(11(2)6-10)20-19-21-18(24)16(30-19)8-12-7-13(22(25)26)9-15(23(27)28)17(12)29-3/h4-9H,1-3H3,(H,20,21,24)/b16-8-. The third kappa shape index (κ3) is 4.30. The predicted octanol–water partition coefficient (Wildman–Crippen LogP) is 4.02. The van der Waals surface area contributed by atoms with E-state index < -0.39 is 27.1 Å². The lowest BCUT2D eigenvalue weighted by atomic mass is 10.1. The maximum absolute atomic E-state index is 12.4. The van der Waals surface area contributed by atoms with Gasteiger partial charge in [0.15, 0.2) is 5.17 Å². The molecule has 1 aliphatic rings. The normalized spacial score (nSPS) is 16.0. The Morgan fingerprint density at radius 1 is 1.13 bits per heavy atom. The van der Waals surface area contributed by atoms with E-state index in [9.17, 15) is 25.0 Å². The van der Waals surface area contributed by atoms with Crippen LogP contribution in [-0.2, 0) is 4.79 Å². The second-order valence-electron chi connectivity index (χ2n) is 6.37. The number of amidine groups is 1. The number of ether oxygens (including phenoxy) is 1. The Bertz CT molecular complexity index is 1140. The van der Waals surface area contributed by atoms with E-state index in [1.165, 1.54) is 13.2 Å². The first kappa shape index (κ1) is 21.0. The van der Waals surface area contributed by atoms with Crippen LogP contribution in [0.1, 0.15) is 16.7 Å². The number of hydrogen-bond donors (Lipinski definition) is 1. The Morgan fingerprint density at radius 3 is 2.47 bits per heavy atom. The van der Waals surface area contributed by atoms with E-state index in [1.807, 2.05) is 32.0 Å². The smallest absolute Gasteiger partial charge is 0.318 e. The Morgan fingerprint density at radius 2 is 1.87 bits per heavy atom. The van der Waals surface area contributed by atoms with Crippen molar-refractivity contribution in [2.45, 2.75) is 13.8 Å². The average Bonchev–Trinajstić information content (AvgIpc) is 3.02. The molecule has 3 rings (SSSR count). The first-order chi connectivity index (χ1) is 14.2. The average molecular weight is 428 g/mol. The molecule has 1 heterocycles. The molecule has 2 aromatic carbocycles. The molecular weight excluding hydrogens is 412 g/mol. The first-order valence-electron chi connectivity index (χ1n) is 8.57. The molecule has 1 saturated heterocycles. The van der Waals surface area contributed by atoms with Crippen molar-refractivity contribution >= 4 is 46.0 Å². The van der Waals surface area contributed by atoms with Gasteiger partial charge in [0.1, 0.15) is 0 Å². The molecule has 2 aromatic rings. The number of benzene rings is 2. The molecule has 1 amide bonds. The molecule has 0 saturated carbocycles. The lowest BCUT2D eigenvalue weighted by Gasteiger charge is -2.06. The van der Waals surface area contributed by atoms with Gasteiger partial charge in [-0.3, -0.25) is 25.0 Å². The number of carbonyl (C=O) groups is 1. The van der Waals surface area contributed by atoms with E-state index in [2.05, 4.69) is 10.3 Å². The fraction of sp³-hybridized carbons (Fsp3) is 0.158. The van der Waals surface area contributed by atoms with Crippen LogP contribution in [0.25, 0.3) is 6.08 Å². The summed E-state index contributed by atoms with van der Waals surface area (Å²) in [6, 6.07) is 7.63. The van der Waals surface area contributed by atoms with Gasteiger partial charge in [-0.05, 0) is 43.3 Å². The summed E-state index contributed by atoms with van der Waals surface area (Å²) in [6.45, 7) is 3.86. The highest BCUT2D eigenvalue weighted by atomic mass is 32.2. The summed E-state index contributed by atoms with van der Waals surface area (Å²) in [5, 5.41) is 25.4. The van der Waals surface area contributed by atoms with Crippen LogP contribution in [0.5, 0.6) is 5.75 Å². The number of nitro benzene ring substituents is 2. The maximum Gasteiger partial charge on any atom is 0.318 e. The number of thioether (sulfide) groups is 1. The van der Waals surface area contributed by atoms with Gasteiger partial charge >= 0.3 is 5.69 Å². The quantitative estimate of drug-likeness (QED) is 0.431. The predicted molar refractivity (Wildman–Crippen MR) is 113 cm³/mol. The van der Waals surface area contributed by atoms with E-state index in [0.717, 1.165) is 35.0 Å². The van der Waals surface area contributed by atoms with Gasteiger partial charge in [0.05, 0.1) is 33.6 Å². The minimum atomic E-state index is -0.775. The van der Waals surface area contributed by atoms with E-state index in [4.69, 9.17) is 4.74 Å². The van der Waals surface area contributed by atoms with E-state index in [1.54, 1.807) is 0 Å². The van der Waals surface area contributed by atoms with Crippen molar-refractivity contribution in [3.8, 4) is 5.75 Å². The molecule has 0 spiro atoms. The number of carbonyl (C=O) groups excluding carboxylic acids is 1. The molecule has 0 unspecified atom stereocenters. The molecule has 0 atom stereocenters. The molecule has 30 heavy (non-hydrogen) atoms. The van der Waals surface area contributed by atoms with Gasteiger partial charge in [0.25, 0.3) is 11.6 Å². The Balaban J connectivity index is 2.02. The van der Waals surface area contributed by atoms with Gasteiger partial charge in [0, 0.05) is 11.6 Å². The van der Waals surface area contributed by atoms with Crippen molar-refractivity contribution in [2.75, 3.05) is 7.11 Å². The zero-order valence-corrected chi connectivity index (χ0v) is 17.0. The molecule has 1 fully saturated rings. The number of aryl methyl sites for hydroxylation is 2. The summed E-state index contributed by atoms with van der Waals surface area (Å²) in [6.07, 6.45) is 1.31. The number of nitro groups is 2. The molecule has 154 valence electrons. The van der Waals surface area contributed by atoms with Gasteiger partial charge in [-0.15, -0.1) is 0 Å². The summed E-state index contributed by atoms with van der Waals surface area (Å²) >= 11 is 1.02. The van der Waals surface area contributed by atoms with Gasteiger partial charge in [-0.1, -0.05) is 17.7 Å². The summed E-state index contributed by atoms with van der Waals surface area (Å²) in [5.41, 5.74) is 1.70. The SMILES string of the molecule is COc1c(/C=C2\SC(=Nc3ccc(C)cc3C)NC2=O)cc([N+](=O)[O-])cc1[N+](=O)[O-]. The van der Waals surface area contributed by atoms with Crippen LogP contribution < -0.4 is 10.1 Å². The fourth-order valence-electron chi connectivity index (χ4n) is 2.85. The third-order valence-corrected chi connectivity index (χ3v) is 5.12. The molecule has 10 nitrogen and oxygen atoms in total. The lowest BCUT2D eigenvalue weighted by Crippen LogP contribution is -2.19. The van der Waals surface area contributed by atoms with Crippen molar-refractivity contribution in [3.05, 3.63) is 72.2 Å². The minimum Gasteiger partial charge on any atom is -0.490 e. The van der Waals surface area contributed by atoms with E-state index in [0.29, 0.717) is 10.9 Å². The number of nitrogens with zero attached hydrogens (tertiary/aromatic N) is 3. The van der Waals surface area contributed by atoms with Crippen LogP contribution in [0.15, 0.2) is 40.2 Å². The van der Waals surface area contributed by atoms with Crippen LogP contribution in [0.4, 0.5) is 17.1 Å². The molecular formula is C19H16N4O6S. The monoisotopic (exact) mass is 428 g/mol.